The molecule has 9 amide bonds. The molecule has 0 aliphatic heterocycles. The molecule has 25 heteroatoms. The standard InChI is InChI=1S/C15H22N3O4.C8H10N2O.C8H15NO3.C7H12ClNO3.C5H11NO.C2H2Cl2O2.C2H6.CH4/c1-11(2)13(19)17(5)15(21)22-10-18-8-6-7-12(9-18)14(20)16(3)4;1-10(2)8(11)7-4-3-5-9-6-7;1-5-12-8(11)9(4)7(10)6(2)3;1-5(2)6(10)9(3)7(11)12-4-8;1-4(2)5(7)6-3;3-1-6-2(4)5;1-2;/h6-9,11H,10H2,1-5H3;3-6H,1-2H3;6H,5H2,1-4H3;5H,4H2,1-3H3;4H,1-3H3,(H,6,7);1H2;1-2H3;1H4/q+1;;;;;;;. The minimum Gasteiger partial charge on any atom is -0.449 e. The van der Waals surface area contributed by atoms with Gasteiger partial charge in [0.1, 0.15) is 5.56 Å². The molecule has 1 N–H and O–H groups in total. The fourth-order valence-electron chi connectivity index (χ4n) is 4.09. The molecule has 418 valence electrons. The van der Waals surface area contributed by atoms with Crippen LogP contribution in [0.25, 0.3) is 0 Å². The molecule has 0 bridgehead atoms. The fourth-order valence-corrected chi connectivity index (χ4v) is 4.39. The number of hydrogen-bond acceptors (Lipinski definition) is 15. The smallest absolute Gasteiger partial charge is 0.421 e. The highest BCUT2D eigenvalue weighted by atomic mass is 35.5. The van der Waals surface area contributed by atoms with Crippen molar-refractivity contribution in [1.82, 2.24) is 34.8 Å². The van der Waals surface area contributed by atoms with E-state index in [1.807, 2.05) is 27.7 Å². The van der Waals surface area contributed by atoms with E-state index in [-0.39, 0.29) is 92.0 Å². The lowest BCUT2D eigenvalue weighted by Crippen LogP contribution is -2.42. The average molecular weight is 1100 g/mol. The Morgan fingerprint density at radius 3 is 1.27 bits per heavy atom. The van der Waals surface area contributed by atoms with E-state index >= 15 is 0 Å². The van der Waals surface area contributed by atoms with Crippen molar-refractivity contribution in [2.24, 2.45) is 23.7 Å². The first-order valence-corrected chi connectivity index (χ1v) is 23.7. The number of amides is 9. The van der Waals surface area contributed by atoms with Gasteiger partial charge in [-0.3, -0.25) is 48.5 Å². The molecule has 0 saturated carbocycles. The summed E-state index contributed by atoms with van der Waals surface area (Å²) in [5, 5.41) is 2.53. The first-order valence-electron chi connectivity index (χ1n) is 22.2. The molecule has 0 unspecified atom stereocenters. The molecular weight excluding hydrogens is 1020 g/mol. The highest BCUT2D eigenvalue weighted by Crippen LogP contribution is 2.04. The Morgan fingerprint density at radius 1 is 0.603 bits per heavy atom. The van der Waals surface area contributed by atoms with E-state index in [0.717, 1.165) is 14.7 Å². The van der Waals surface area contributed by atoms with Crippen molar-refractivity contribution in [3.8, 4) is 0 Å². The van der Waals surface area contributed by atoms with E-state index in [4.69, 9.17) is 27.9 Å². The third-order valence-electron chi connectivity index (χ3n) is 7.84. The predicted octanol–water partition coefficient (Wildman–Crippen LogP) is 7.97. The zero-order valence-corrected chi connectivity index (χ0v) is 47.5. The van der Waals surface area contributed by atoms with Gasteiger partial charge in [0.25, 0.3) is 18.5 Å². The van der Waals surface area contributed by atoms with Gasteiger partial charge in [0.15, 0.2) is 24.5 Å². The number of alkyl halides is 2. The van der Waals surface area contributed by atoms with Gasteiger partial charge in [-0.15, -0.1) is 0 Å². The number of imide groups is 3. The number of halogens is 3. The van der Waals surface area contributed by atoms with Crippen LogP contribution in [0, 0.1) is 23.7 Å². The lowest BCUT2D eigenvalue weighted by atomic mass is 10.2. The number of carbonyl (C=O) groups excluding carboxylic acids is 10. The molecule has 0 aliphatic rings. The zero-order valence-electron chi connectivity index (χ0n) is 45.2. The van der Waals surface area contributed by atoms with Crippen LogP contribution in [0.2, 0.25) is 0 Å². The largest absolute Gasteiger partial charge is 0.449 e. The molecule has 0 aliphatic carbocycles. The Hall–Kier alpha value is -6.13. The lowest BCUT2D eigenvalue weighted by Gasteiger charge is -2.16. The summed E-state index contributed by atoms with van der Waals surface area (Å²) in [5.74, 6) is -1.47. The van der Waals surface area contributed by atoms with Crippen LogP contribution in [-0.4, -0.2) is 164 Å². The van der Waals surface area contributed by atoms with Crippen molar-refractivity contribution in [3.63, 3.8) is 0 Å². The number of nitrogens with zero attached hydrogens (tertiary/aromatic N) is 7. The van der Waals surface area contributed by atoms with Gasteiger partial charge in [-0.2, -0.15) is 4.57 Å². The van der Waals surface area contributed by atoms with E-state index in [1.165, 1.54) is 30.9 Å². The van der Waals surface area contributed by atoms with Crippen LogP contribution in [0.1, 0.15) is 104 Å². The molecular formula is C48H82Cl3N8O14+. The monoisotopic (exact) mass is 1100 g/mol. The fraction of sp³-hybridized carbons (Fsp3) is 0.583. The van der Waals surface area contributed by atoms with E-state index < -0.39 is 23.7 Å². The minimum absolute atomic E-state index is 0. The second kappa shape index (κ2) is 45.7. The van der Waals surface area contributed by atoms with Crippen molar-refractivity contribution in [3.05, 3.63) is 60.2 Å². The summed E-state index contributed by atoms with van der Waals surface area (Å²) in [4.78, 5) is 120. The first-order chi connectivity index (χ1) is 33.4. The maximum absolute atomic E-state index is 11.9. The third-order valence-corrected chi connectivity index (χ3v) is 8.17. The zero-order chi connectivity index (χ0) is 57.4. The molecule has 73 heavy (non-hydrogen) atoms. The van der Waals surface area contributed by atoms with Crippen LogP contribution in [0.4, 0.5) is 19.2 Å². The van der Waals surface area contributed by atoms with Gasteiger partial charge in [0.2, 0.25) is 23.6 Å². The van der Waals surface area contributed by atoms with Crippen LogP contribution >= 0.6 is 34.8 Å². The number of rotatable bonds is 11. The topological polar surface area (TPSA) is 253 Å². The predicted molar refractivity (Wildman–Crippen MR) is 280 cm³/mol. The summed E-state index contributed by atoms with van der Waals surface area (Å²) in [7, 11) is 12.5. The quantitative estimate of drug-likeness (QED) is 0.0969. The van der Waals surface area contributed by atoms with Gasteiger partial charge < -0.3 is 34.1 Å². The second-order valence-electron chi connectivity index (χ2n) is 15.4. The van der Waals surface area contributed by atoms with Crippen LogP contribution in [0.5, 0.6) is 0 Å². The van der Waals surface area contributed by atoms with Crippen LogP contribution in [-0.2, 0) is 44.9 Å². The van der Waals surface area contributed by atoms with Gasteiger partial charge >= 0.3 is 23.7 Å². The molecule has 2 aromatic heterocycles. The van der Waals surface area contributed by atoms with E-state index in [2.05, 4.69) is 36.1 Å². The molecule has 0 atom stereocenters. The molecule has 0 aromatic carbocycles. The minimum atomic E-state index is -0.870. The van der Waals surface area contributed by atoms with Crippen LogP contribution in [0.15, 0.2) is 49.1 Å². The highest BCUT2D eigenvalue weighted by molar-refractivity contribution is 6.61. The number of aromatic nitrogens is 2. The van der Waals surface area contributed by atoms with Crippen molar-refractivity contribution in [2.45, 2.75) is 90.3 Å². The summed E-state index contributed by atoms with van der Waals surface area (Å²) in [6.45, 7) is 19.9. The summed E-state index contributed by atoms with van der Waals surface area (Å²) in [6.07, 6.45) is 4.42. The Balaban J connectivity index is -0.000000192. The van der Waals surface area contributed by atoms with E-state index in [0.29, 0.717) is 11.1 Å². The molecule has 0 radical (unpaired) electrons. The molecule has 0 fully saturated rings. The van der Waals surface area contributed by atoms with Crippen LogP contribution in [0.3, 0.4) is 0 Å². The lowest BCUT2D eigenvalue weighted by molar-refractivity contribution is -0.727. The first kappa shape index (κ1) is 78.3. The molecule has 2 rings (SSSR count). The molecule has 2 aromatic rings. The number of pyridine rings is 2. The van der Waals surface area contributed by atoms with E-state index in [9.17, 15) is 47.9 Å². The second-order valence-corrected chi connectivity index (χ2v) is 16.2. The molecule has 0 saturated heterocycles. The van der Waals surface area contributed by atoms with Gasteiger partial charge in [-0.25, -0.2) is 19.2 Å². The SMILES string of the molecule is C.CC.CC(C)C(=O)N(C)C(=O)OCCl.CC(C)C(=O)N(C)C(=O)OC[n+]1cccc(C(=O)N(C)C)c1.CCOC(=O)N(C)C(=O)C(C)C.CN(C)C(=O)c1cccnc1.CNC(=O)C(C)C.O=C(Cl)OCCl. The Morgan fingerprint density at radius 2 is 0.986 bits per heavy atom. The van der Waals surface area contributed by atoms with Crippen LogP contribution < -0.4 is 9.88 Å². The Bertz CT molecular complexity index is 1900. The Kier molecular flexibility index (Phi) is 49.0. The number of hydrogen-bond donors (Lipinski definition) is 1. The summed E-state index contributed by atoms with van der Waals surface area (Å²) in [5.41, 5.74) is 0.234. The normalized spacial score (nSPS) is 9.29. The number of ether oxygens (including phenoxy) is 4. The average Bonchev–Trinajstić information content (AvgIpc) is 3.35. The van der Waals surface area contributed by atoms with E-state index in [1.54, 1.807) is 137 Å². The summed E-state index contributed by atoms with van der Waals surface area (Å²) in [6, 6.07) is 6.44. The molecule has 22 nitrogen and oxygen atoms in total. The third kappa shape index (κ3) is 38.2. The summed E-state index contributed by atoms with van der Waals surface area (Å²) >= 11 is 14.6. The van der Waals surface area contributed by atoms with Gasteiger partial charge in [0.05, 0.1) is 12.2 Å². The van der Waals surface area contributed by atoms with Crippen molar-refractivity contribution >= 4 is 94.0 Å². The summed E-state index contributed by atoms with van der Waals surface area (Å²) < 4.78 is 19.6. The molecule has 0 spiro atoms. The molecule has 2 heterocycles. The van der Waals surface area contributed by atoms with Gasteiger partial charge in [0, 0.05) is 110 Å². The number of nitrogens with one attached hydrogen (secondary N) is 1. The van der Waals surface area contributed by atoms with Crippen molar-refractivity contribution in [1.29, 1.82) is 0 Å². The maximum Gasteiger partial charge on any atom is 0.421 e. The maximum atomic E-state index is 11.9. The van der Waals surface area contributed by atoms with Crippen molar-refractivity contribution < 1.29 is 71.5 Å². The van der Waals surface area contributed by atoms with Gasteiger partial charge in [-0.05, 0) is 25.1 Å². The Labute approximate surface area is 447 Å². The highest BCUT2D eigenvalue weighted by Gasteiger charge is 2.23. The number of carbonyl (C=O) groups is 10. The van der Waals surface area contributed by atoms with Gasteiger partial charge in [-0.1, -0.05) is 99.9 Å². The van der Waals surface area contributed by atoms with Crippen molar-refractivity contribution in [2.75, 3.05) is 75.1 Å².